The van der Waals surface area contributed by atoms with E-state index in [1.165, 1.54) is 6.42 Å². The van der Waals surface area contributed by atoms with Crippen LogP contribution >= 0.6 is 12.4 Å². The lowest BCUT2D eigenvalue weighted by Crippen LogP contribution is -2.75. The maximum absolute atomic E-state index is 13.9. The van der Waals surface area contributed by atoms with Gasteiger partial charge in [-0.3, -0.25) is 19.3 Å². The number of benzene rings is 2. The number of carbonyl (C=O) groups excluding carboxylic acids is 3. The molecule has 0 bridgehead atoms. The van der Waals surface area contributed by atoms with Gasteiger partial charge in [-0.25, -0.2) is 0 Å². The molecule has 2 atom stereocenters. The average molecular weight is 657 g/mol. The number of rotatable bonds is 12. The Kier molecular flexibility index (Phi) is 12.9. The van der Waals surface area contributed by atoms with Crippen LogP contribution in [-0.4, -0.2) is 88.2 Å². The van der Waals surface area contributed by atoms with Gasteiger partial charge >= 0.3 is 0 Å². The fraction of sp³-hybridized carbons (Fsp3) is 0.571. The third-order valence-corrected chi connectivity index (χ3v) is 9.73. The average Bonchev–Trinajstić information content (AvgIpc) is 3.07. The standard InChI is InChI=1S/C35H48N4O6.ClH/c1-2-3-20-39-33(43)30(31(41)26-7-5-4-6-8-26)37-34(44)35(39)17-21-38(22-18-35)24-25-9-13-28(14-10-25)45-29-15-11-27(12-16-29)32(42)36-19-23-40;/h9-16,26,30-31,40-41H,2-8,17-24H2,1H3,(H,36,42)(H,37,44);1H/t30-,31-;/m1./s1. The Labute approximate surface area is 278 Å². The van der Waals surface area contributed by atoms with Gasteiger partial charge in [0.1, 0.15) is 23.1 Å². The number of aliphatic hydroxyl groups excluding tert-OH is 2. The van der Waals surface area contributed by atoms with Crippen LogP contribution in [0.3, 0.4) is 0 Å². The highest BCUT2D eigenvalue weighted by Crippen LogP contribution is 2.36. The molecule has 3 amide bonds. The molecule has 3 aliphatic rings. The Morgan fingerprint density at radius 3 is 2.26 bits per heavy atom. The fourth-order valence-electron chi connectivity index (χ4n) is 7.04. The van der Waals surface area contributed by atoms with Gasteiger partial charge < -0.3 is 30.5 Å². The normalized spacial score (nSPS) is 20.9. The van der Waals surface area contributed by atoms with Gasteiger partial charge in [0.05, 0.1) is 12.7 Å². The molecule has 0 aromatic heterocycles. The second kappa shape index (κ2) is 16.6. The van der Waals surface area contributed by atoms with Crippen molar-refractivity contribution in [2.75, 3.05) is 32.8 Å². The summed E-state index contributed by atoms with van der Waals surface area (Å²) >= 11 is 0. The van der Waals surface area contributed by atoms with Gasteiger partial charge in [0, 0.05) is 38.3 Å². The zero-order valence-corrected chi connectivity index (χ0v) is 27.6. The van der Waals surface area contributed by atoms with E-state index < -0.39 is 17.7 Å². The van der Waals surface area contributed by atoms with Crippen molar-refractivity contribution in [2.45, 2.75) is 88.9 Å². The number of aliphatic hydroxyl groups is 2. The van der Waals surface area contributed by atoms with Crippen LogP contribution in [0.5, 0.6) is 11.5 Å². The molecule has 4 N–H and O–H groups in total. The number of piperidine rings is 1. The summed E-state index contributed by atoms with van der Waals surface area (Å²) in [5.41, 5.74) is 0.755. The third-order valence-electron chi connectivity index (χ3n) is 9.73. The van der Waals surface area contributed by atoms with E-state index in [-0.39, 0.29) is 49.2 Å². The molecule has 252 valence electrons. The van der Waals surface area contributed by atoms with E-state index in [9.17, 15) is 19.5 Å². The van der Waals surface area contributed by atoms with E-state index in [0.29, 0.717) is 49.5 Å². The number of halogens is 1. The Bertz CT molecular complexity index is 1290. The Morgan fingerprint density at radius 2 is 1.65 bits per heavy atom. The SMILES string of the molecule is CCCCN1C(=O)[C@@H]([C@H](O)C2CCCCC2)NC(=O)C12CCN(Cc1ccc(Oc3ccc(C(=O)NCCO)cc3)cc1)CC2.Cl. The van der Waals surface area contributed by atoms with Gasteiger partial charge in [-0.15, -0.1) is 12.4 Å². The number of piperazine rings is 1. The number of nitrogens with zero attached hydrogens (tertiary/aromatic N) is 2. The van der Waals surface area contributed by atoms with Crippen molar-refractivity contribution in [2.24, 2.45) is 5.92 Å². The molecule has 1 spiro atoms. The molecule has 11 heteroatoms. The topological polar surface area (TPSA) is 131 Å². The first-order chi connectivity index (χ1) is 21.8. The molecular formula is C35H49ClN4O6. The minimum atomic E-state index is -0.863. The van der Waals surface area contributed by atoms with E-state index in [0.717, 1.165) is 50.6 Å². The zero-order valence-electron chi connectivity index (χ0n) is 26.8. The molecule has 0 radical (unpaired) electrons. The second-order valence-electron chi connectivity index (χ2n) is 12.7. The van der Waals surface area contributed by atoms with Crippen molar-refractivity contribution in [1.29, 1.82) is 0 Å². The summed E-state index contributed by atoms with van der Waals surface area (Å²) in [5, 5.41) is 25.7. The predicted molar refractivity (Wildman–Crippen MR) is 178 cm³/mol. The van der Waals surface area contributed by atoms with Crippen molar-refractivity contribution >= 4 is 30.1 Å². The number of carbonyl (C=O) groups is 3. The van der Waals surface area contributed by atoms with Crippen LogP contribution in [0.4, 0.5) is 0 Å². The molecule has 2 aliphatic heterocycles. The van der Waals surface area contributed by atoms with Crippen molar-refractivity contribution in [3.8, 4) is 11.5 Å². The lowest BCUT2D eigenvalue weighted by atomic mass is 9.78. The van der Waals surface area contributed by atoms with Gasteiger partial charge in [-0.1, -0.05) is 44.7 Å². The first-order valence-electron chi connectivity index (χ1n) is 16.6. The number of hydrogen-bond donors (Lipinski definition) is 4. The summed E-state index contributed by atoms with van der Waals surface area (Å²) in [4.78, 5) is 43.8. The van der Waals surface area contributed by atoms with Gasteiger partial charge in [0.2, 0.25) is 11.8 Å². The minimum absolute atomic E-state index is 0. The molecule has 1 saturated carbocycles. The number of amides is 3. The van der Waals surface area contributed by atoms with Crippen LogP contribution in [0.25, 0.3) is 0 Å². The number of ether oxygens (including phenoxy) is 1. The lowest BCUT2D eigenvalue weighted by molar-refractivity contribution is -0.166. The summed E-state index contributed by atoms with van der Waals surface area (Å²) in [6.07, 6.45) is 7.16. The molecule has 2 aromatic rings. The molecule has 2 heterocycles. The zero-order chi connectivity index (χ0) is 31.8. The molecule has 10 nitrogen and oxygen atoms in total. The summed E-state index contributed by atoms with van der Waals surface area (Å²) < 4.78 is 5.96. The van der Waals surface area contributed by atoms with Crippen LogP contribution in [-0.2, 0) is 16.1 Å². The molecule has 5 rings (SSSR count). The molecule has 2 saturated heterocycles. The second-order valence-corrected chi connectivity index (χ2v) is 12.7. The smallest absolute Gasteiger partial charge is 0.251 e. The van der Waals surface area contributed by atoms with Crippen LogP contribution in [0.1, 0.15) is 80.6 Å². The van der Waals surface area contributed by atoms with E-state index in [4.69, 9.17) is 9.84 Å². The van der Waals surface area contributed by atoms with E-state index in [1.807, 2.05) is 29.2 Å². The summed E-state index contributed by atoms with van der Waals surface area (Å²) in [5.74, 6) is 0.880. The van der Waals surface area contributed by atoms with Gasteiger partial charge in [0.15, 0.2) is 0 Å². The maximum Gasteiger partial charge on any atom is 0.251 e. The third kappa shape index (κ3) is 8.20. The Hall–Kier alpha value is -3.18. The van der Waals surface area contributed by atoms with Crippen LogP contribution in [0.2, 0.25) is 0 Å². The van der Waals surface area contributed by atoms with Crippen LogP contribution < -0.4 is 15.4 Å². The van der Waals surface area contributed by atoms with Crippen molar-refractivity contribution in [3.05, 3.63) is 59.7 Å². The van der Waals surface area contributed by atoms with Gasteiger partial charge in [0.25, 0.3) is 5.91 Å². The van der Waals surface area contributed by atoms with Crippen LogP contribution in [0, 0.1) is 5.92 Å². The summed E-state index contributed by atoms with van der Waals surface area (Å²) in [6.45, 7) is 4.83. The fourth-order valence-corrected chi connectivity index (χ4v) is 7.04. The van der Waals surface area contributed by atoms with Crippen molar-refractivity contribution < 1.29 is 29.3 Å². The van der Waals surface area contributed by atoms with Crippen molar-refractivity contribution in [3.63, 3.8) is 0 Å². The monoisotopic (exact) mass is 656 g/mol. The molecule has 3 fully saturated rings. The number of unbranched alkanes of at least 4 members (excludes halogenated alkanes) is 1. The Morgan fingerprint density at radius 1 is 1.02 bits per heavy atom. The van der Waals surface area contributed by atoms with Gasteiger partial charge in [-0.05, 0) is 80.0 Å². The number of hydrogen-bond acceptors (Lipinski definition) is 7. The Balaban J connectivity index is 0.00000480. The quantitative estimate of drug-likeness (QED) is 0.271. The summed E-state index contributed by atoms with van der Waals surface area (Å²) in [6, 6.07) is 13.9. The highest BCUT2D eigenvalue weighted by molar-refractivity contribution is 6.00. The molecular weight excluding hydrogens is 608 g/mol. The number of nitrogens with one attached hydrogen (secondary N) is 2. The first-order valence-corrected chi connectivity index (χ1v) is 16.6. The first kappa shape index (κ1) is 35.7. The van der Waals surface area contributed by atoms with E-state index >= 15 is 0 Å². The van der Waals surface area contributed by atoms with E-state index in [2.05, 4.69) is 22.5 Å². The molecule has 2 aromatic carbocycles. The highest BCUT2D eigenvalue weighted by atomic mass is 35.5. The van der Waals surface area contributed by atoms with E-state index in [1.54, 1.807) is 24.3 Å². The van der Waals surface area contributed by atoms with Gasteiger partial charge in [-0.2, -0.15) is 0 Å². The molecule has 1 aliphatic carbocycles. The lowest BCUT2D eigenvalue weighted by Gasteiger charge is -2.52. The van der Waals surface area contributed by atoms with Crippen LogP contribution in [0.15, 0.2) is 48.5 Å². The highest BCUT2D eigenvalue weighted by Gasteiger charge is 2.55. The molecule has 46 heavy (non-hydrogen) atoms. The summed E-state index contributed by atoms with van der Waals surface area (Å²) in [7, 11) is 0. The minimum Gasteiger partial charge on any atom is -0.457 e. The predicted octanol–water partition coefficient (Wildman–Crippen LogP) is 4.03. The number of likely N-dealkylation sites (tertiary alicyclic amines) is 1. The maximum atomic E-state index is 13.9. The molecule has 0 unspecified atom stereocenters. The largest absolute Gasteiger partial charge is 0.457 e. The van der Waals surface area contributed by atoms with Crippen molar-refractivity contribution in [1.82, 2.24) is 20.4 Å².